The fraction of sp³-hybridized carbons (Fsp3) is 0.600. The summed E-state index contributed by atoms with van der Waals surface area (Å²) in [5.74, 6) is 1.59. The minimum Gasteiger partial charge on any atom is -0.378 e. The summed E-state index contributed by atoms with van der Waals surface area (Å²) in [4.78, 5) is 17.7. The topological polar surface area (TPSA) is 132 Å². The van der Waals surface area contributed by atoms with Crippen molar-refractivity contribution in [2.75, 3.05) is 68.6 Å². The molecule has 0 atom stereocenters. The molecule has 0 aromatic carbocycles. The molecular formula is C20H34N8O2. The van der Waals surface area contributed by atoms with Gasteiger partial charge in [-0.15, -0.1) is 0 Å². The van der Waals surface area contributed by atoms with Crippen molar-refractivity contribution in [1.82, 2.24) is 19.9 Å². The molecule has 0 aliphatic rings. The zero-order valence-corrected chi connectivity index (χ0v) is 17.8. The van der Waals surface area contributed by atoms with E-state index in [0.717, 1.165) is 31.5 Å². The molecule has 0 saturated carbocycles. The molecule has 2 heterocycles. The molecular weight excluding hydrogens is 384 g/mol. The summed E-state index contributed by atoms with van der Waals surface area (Å²) in [5, 5.41) is 9.69. The highest BCUT2D eigenvalue weighted by molar-refractivity contribution is 5.42. The number of ether oxygens (including phenoxy) is 2. The molecule has 0 amide bonds. The Morgan fingerprint density at radius 2 is 1.50 bits per heavy atom. The van der Waals surface area contributed by atoms with Gasteiger partial charge in [-0.05, 0) is 18.6 Å². The maximum absolute atomic E-state index is 5.52. The number of nitrogens with zero attached hydrogens (tertiary/aromatic N) is 4. The van der Waals surface area contributed by atoms with Crippen LogP contribution in [0.3, 0.4) is 0 Å². The molecule has 5 N–H and O–H groups in total. The molecule has 0 saturated heterocycles. The molecule has 0 aliphatic heterocycles. The van der Waals surface area contributed by atoms with Crippen molar-refractivity contribution >= 4 is 17.8 Å². The van der Waals surface area contributed by atoms with E-state index in [9.17, 15) is 0 Å². The van der Waals surface area contributed by atoms with E-state index in [1.54, 1.807) is 6.20 Å². The summed E-state index contributed by atoms with van der Waals surface area (Å²) >= 11 is 0. The minimum absolute atomic E-state index is 0.507. The van der Waals surface area contributed by atoms with Crippen LogP contribution in [-0.4, -0.2) is 72.5 Å². The summed E-state index contributed by atoms with van der Waals surface area (Å²) in [6.45, 7) is 6.90. The van der Waals surface area contributed by atoms with Crippen molar-refractivity contribution < 1.29 is 9.47 Å². The van der Waals surface area contributed by atoms with E-state index in [4.69, 9.17) is 15.2 Å². The van der Waals surface area contributed by atoms with Gasteiger partial charge < -0.3 is 31.2 Å². The van der Waals surface area contributed by atoms with Crippen LogP contribution in [0.15, 0.2) is 24.4 Å². The number of hydrogen-bond acceptors (Lipinski definition) is 10. The van der Waals surface area contributed by atoms with Crippen molar-refractivity contribution in [2.45, 2.75) is 26.2 Å². The zero-order valence-electron chi connectivity index (χ0n) is 17.8. The van der Waals surface area contributed by atoms with Gasteiger partial charge >= 0.3 is 0 Å². The maximum atomic E-state index is 5.52. The molecule has 0 spiro atoms. The van der Waals surface area contributed by atoms with Gasteiger partial charge in [0, 0.05) is 44.5 Å². The Hall–Kier alpha value is -2.56. The number of nitrogens with two attached hydrogens (primary N) is 1. The van der Waals surface area contributed by atoms with Gasteiger partial charge in [0.2, 0.25) is 17.8 Å². The number of anilines is 3. The predicted octanol–water partition coefficient (Wildman–Crippen LogP) is 1.54. The Balaban J connectivity index is 1.81. The highest BCUT2D eigenvalue weighted by Gasteiger charge is 2.06. The average molecular weight is 419 g/mol. The lowest BCUT2D eigenvalue weighted by molar-refractivity contribution is 0.0547. The highest BCUT2D eigenvalue weighted by atomic mass is 16.5. The van der Waals surface area contributed by atoms with Crippen LogP contribution in [0, 0.1) is 0 Å². The van der Waals surface area contributed by atoms with Crippen molar-refractivity contribution in [3.05, 3.63) is 30.1 Å². The fourth-order valence-electron chi connectivity index (χ4n) is 2.48. The van der Waals surface area contributed by atoms with Crippen LogP contribution in [-0.2, 0) is 15.9 Å². The Labute approximate surface area is 178 Å². The van der Waals surface area contributed by atoms with Gasteiger partial charge in [0.25, 0.3) is 0 Å². The van der Waals surface area contributed by atoms with Gasteiger partial charge in [-0.1, -0.05) is 19.4 Å². The summed E-state index contributed by atoms with van der Waals surface area (Å²) in [6, 6.07) is 5.89. The van der Waals surface area contributed by atoms with Crippen molar-refractivity contribution in [3.8, 4) is 0 Å². The third-order valence-electron chi connectivity index (χ3n) is 4.00. The number of unbranched alkanes of at least 4 members (excludes halogenated alkanes) is 1. The molecule has 2 aromatic heterocycles. The fourth-order valence-corrected chi connectivity index (χ4v) is 2.48. The first-order chi connectivity index (χ1) is 14.8. The van der Waals surface area contributed by atoms with E-state index < -0.39 is 0 Å². The number of nitrogens with one attached hydrogen (secondary N) is 3. The third-order valence-corrected chi connectivity index (χ3v) is 4.00. The van der Waals surface area contributed by atoms with E-state index in [-0.39, 0.29) is 0 Å². The number of rotatable bonds is 17. The van der Waals surface area contributed by atoms with Crippen molar-refractivity contribution in [2.24, 2.45) is 5.73 Å². The Kier molecular flexibility index (Phi) is 12.1. The van der Waals surface area contributed by atoms with Crippen molar-refractivity contribution in [3.63, 3.8) is 0 Å². The Morgan fingerprint density at radius 3 is 2.13 bits per heavy atom. The number of pyridine rings is 1. The first-order valence-electron chi connectivity index (χ1n) is 10.5. The van der Waals surface area contributed by atoms with E-state index in [1.165, 1.54) is 0 Å². The molecule has 2 rings (SSSR count). The van der Waals surface area contributed by atoms with Crippen LogP contribution >= 0.6 is 0 Å². The predicted molar refractivity (Wildman–Crippen MR) is 119 cm³/mol. The van der Waals surface area contributed by atoms with Gasteiger partial charge in [-0.2, -0.15) is 15.0 Å². The highest BCUT2D eigenvalue weighted by Crippen LogP contribution is 2.10. The maximum Gasteiger partial charge on any atom is 0.229 e. The van der Waals surface area contributed by atoms with E-state index in [1.807, 2.05) is 18.2 Å². The summed E-state index contributed by atoms with van der Waals surface area (Å²) in [6.07, 6.45) is 4.73. The standard InChI is InChI=1S/C20H34N8O2/c1-2-3-9-23-18-26-19(24-11-7-17-6-4-5-10-22-17)28-20(27-18)25-12-14-30-16-15-29-13-8-21/h4-6,10H,2-3,7-9,11-16,21H2,1H3,(H3,23,24,25,26,27,28). The van der Waals surface area contributed by atoms with Crippen LogP contribution < -0.4 is 21.7 Å². The quantitative estimate of drug-likeness (QED) is 0.280. The first kappa shape index (κ1) is 23.7. The lowest BCUT2D eigenvalue weighted by Crippen LogP contribution is -2.17. The van der Waals surface area contributed by atoms with Crippen molar-refractivity contribution in [1.29, 1.82) is 0 Å². The molecule has 10 nitrogen and oxygen atoms in total. The molecule has 0 fully saturated rings. The summed E-state index contributed by atoms with van der Waals surface area (Å²) in [7, 11) is 0. The lowest BCUT2D eigenvalue weighted by Gasteiger charge is -2.11. The van der Waals surface area contributed by atoms with E-state index >= 15 is 0 Å². The Bertz CT molecular complexity index is 690. The number of aromatic nitrogens is 4. The van der Waals surface area contributed by atoms with Gasteiger partial charge in [-0.3, -0.25) is 4.98 Å². The molecule has 166 valence electrons. The summed E-state index contributed by atoms with van der Waals surface area (Å²) in [5.41, 5.74) is 6.39. The SMILES string of the molecule is CCCCNc1nc(NCCOCCOCCN)nc(NCCc2ccccn2)n1. The molecule has 0 unspecified atom stereocenters. The molecule has 30 heavy (non-hydrogen) atoms. The smallest absolute Gasteiger partial charge is 0.229 e. The molecule has 0 bridgehead atoms. The summed E-state index contributed by atoms with van der Waals surface area (Å²) < 4.78 is 10.8. The second kappa shape index (κ2) is 15.3. The first-order valence-corrected chi connectivity index (χ1v) is 10.5. The van der Waals surface area contributed by atoms with Gasteiger partial charge in [-0.25, -0.2) is 0 Å². The average Bonchev–Trinajstić information content (AvgIpc) is 2.76. The van der Waals surface area contributed by atoms with Gasteiger partial charge in [0.15, 0.2) is 0 Å². The molecule has 2 aromatic rings. The number of hydrogen-bond donors (Lipinski definition) is 4. The van der Waals surface area contributed by atoms with Crippen LogP contribution in [0.4, 0.5) is 17.8 Å². The van der Waals surface area contributed by atoms with Crippen LogP contribution in [0.1, 0.15) is 25.5 Å². The van der Waals surface area contributed by atoms with Crippen LogP contribution in [0.5, 0.6) is 0 Å². The van der Waals surface area contributed by atoms with Gasteiger partial charge in [0.1, 0.15) is 0 Å². The van der Waals surface area contributed by atoms with E-state index in [2.05, 4.69) is 42.8 Å². The Morgan fingerprint density at radius 1 is 0.833 bits per heavy atom. The molecule has 0 radical (unpaired) electrons. The minimum atomic E-state index is 0.507. The lowest BCUT2D eigenvalue weighted by atomic mass is 10.3. The molecule has 0 aliphatic carbocycles. The zero-order chi connectivity index (χ0) is 21.3. The normalized spacial score (nSPS) is 10.7. The van der Waals surface area contributed by atoms with Crippen LogP contribution in [0.25, 0.3) is 0 Å². The second-order valence-electron chi connectivity index (χ2n) is 6.52. The largest absolute Gasteiger partial charge is 0.378 e. The second-order valence-corrected chi connectivity index (χ2v) is 6.52. The molecule has 10 heteroatoms. The van der Waals surface area contributed by atoms with E-state index in [0.29, 0.717) is 63.9 Å². The monoisotopic (exact) mass is 418 g/mol. The third kappa shape index (κ3) is 10.3. The van der Waals surface area contributed by atoms with Gasteiger partial charge in [0.05, 0.1) is 26.4 Å². The van der Waals surface area contributed by atoms with Crippen LogP contribution in [0.2, 0.25) is 0 Å².